The first-order valence-corrected chi connectivity index (χ1v) is 6.68. The van der Waals surface area contributed by atoms with Crippen LogP contribution in [0.5, 0.6) is 0 Å². The zero-order chi connectivity index (χ0) is 16.3. The minimum Gasteiger partial charge on any atom is -0.465 e. The number of benzene rings is 1. The Hall–Kier alpha value is -2.64. The second kappa shape index (κ2) is 6.00. The number of rotatable bonds is 4. The molecule has 118 valence electrons. The van der Waals surface area contributed by atoms with Gasteiger partial charge in [-0.05, 0) is 44.2 Å². The number of esters is 1. The molecule has 0 aliphatic rings. The molecule has 1 N–H and O–H groups in total. The Morgan fingerprint density at radius 3 is 2.68 bits per heavy atom. The first-order valence-electron chi connectivity index (χ1n) is 6.68. The van der Waals surface area contributed by atoms with Crippen LogP contribution in [0.3, 0.4) is 0 Å². The van der Waals surface area contributed by atoms with Gasteiger partial charge in [0.15, 0.2) is 6.61 Å². The third-order valence-corrected chi connectivity index (χ3v) is 2.67. The molecule has 0 aliphatic carbocycles. The van der Waals surface area contributed by atoms with E-state index in [1.807, 2.05) is 20.8 Å². The van der Waals surface area contributed by atoms with Gasteiger partial charge in [-0.2, -0.15) is 0 Å². The Bertz CT molecular complexity index is 702. The van der Waals surface area contributed by atoms with Gasteiger partial charge in [0.1, 0.15) is 11.0 Å². The van der Waals surface area contributed by atoms with Crippen molar-refractivity contribution in [2.45, 2.75) is 26.3 Å². The first-order chi connectivity index (χ1) is 10.3. The third-order valence-electron chi connectivity index (χ3n) is 2.67. The van der Waals surface area contributed by atoms with Crippen LogP contribution in [0.25, 0.3) is 11.0 Å². The molecule has 0 saturated heterocycles. The number of fused-ring (bicyclic) bond motifs is 1. The highest BCUT2D eigenvalue weighted by molar-refractivity contribution is 5.93. The summed E-state index contributed by atoms with van der Waals surface area (Å²) >= 11 is 0. The molecule has 0 spiro atoms. The molecular weight excluding hydrogens is 288 g/mol. The van der Waals surface area contributed by atoms with E-state index >= 15 is 0 Å². The highest BCUT2D eigenvalue weighted by Crippen LogP contribution is 2.13. The van der Waals surface area contributed by atoms with Crippen LogP contribution in [-0.4, -0.2) is 46.3 Å². The van der Waals surface area contributed by atoms with Crippen LogP contribution in [0.2, 0.25) is 0 Å². The number of ether oxygens (including phenoxy) is 1. The van der Waals surface area contributed by atoms with Crippen molar-refractivity contribution in [2.24, 2.45) is 0 Å². The summed E-state index contributed by atoms with van der Waals surface area (Å²) in [6, 6.07) is 4.76. The molecule has 0 atom stereocenters. The zero-order valence-electron chi connectivity index (χ0n) is 12.9. The highest BCUT2D eigenvalue weighted by Gasteiger charge is 2.16. The molecule has 0 fully saturated rings. The smallest absolute Gasteiger partial charge is 0.337 e. The molecule has 1 heterocycles. The summed E-state index contributed by atoms with van der Waals surface area (Å²) in [4.78, 5) is 29.7. The number of hydrogen-bond donors (Lipinski definition) is 1. The highest BCUT2D eigenvalue weighted by atomic mass is 16.7. The van der Waals surface area contributed by atoms with Crippen LogP contribution in [0.1, 0.15) is 31.1 Å². The van der Waals surface area contributed by atoms with Crippen LogP contribution in [0.4, 0.5) is 0 Å². The summed E-state index contributed by atoms with van der Waals surface area (Å²) in [6.45, 7) is 5.41. The quantitative estimate of drug-likeness (QED) is 0.829. The SMILES string of the molecule is COC(=O)c1ccc2nnn(OCC(=O)NC(C)(C)C)c2c1. The molecule has 0 radical (unpaired) electrons. The summed E-state index contributed by atoms with van der Waals surface area (Å²) in [5.41, 5.74) is 1.03. The van der Waals surface area contributed by atoms with Crippen molar-refractivity contribution in [1.29, 1.82) is 0 Å². The molecule has 8 heteroatoms. The van der Waals surface area contributed by atoms with Crippen LogP contribution in [0.15, 0.2) is 18.2 Å². The summed E-state index contributed by atoms with van der Waals surface area (Å²) in [6.07, 6.45) is 0. The van der Waals surface area contributed by atoms with Crippen molar-refractivity contribution >= 4 is 22.9 Å². The van der Waals surface area contributed by atoms with Gasteiger partial charge in [0.25, 0.3) is 5.91 Å². The predicted octanol–water partition coefficient (Wildman–Crippen LogP) is 0.561. The predicted molar refractivity (Wildman–Crippen MR) is 78.2 cm³/mol. The van der Waals surface area contributed by atoms with Crippen molar-refractivity contribution < 1.29 is 19.2 Å². The summed E-state index contributed by atoms with van der Waals surface area (Å²) < 4.78 is 4.66. The number of nitrogens with zero attached hydrogens (tertiary/aromatic N) is 3. The zero-order valence-corrected chi connectivity index (χ0v) is 12.9. The van der Waals surface area contributed by atoms with Gasteiger partial charge in [0.05, 0.1) is 12.7 Å². The summed E-state index contributed by atoms with van der Waals surface area (Å²) in [5.74, 6) is -0.750. The fraction of sp³-hybridized carbons (Fsp3) is 0.429. The van der Waals surface area contributed by atoms with Crippen LogP contribution >= 0.6 is 0 Å². The van der Waals surface area contributed by atoms with Gasteiger partial charge in [-0.3, -0.25) is 4.79 Å². The second-order valence-corrected chi connectivity index (χ2v) is 5.73. The van der Waals surface area contributed by atoms with Crippen molar-refractivity contribution in [3.05, 3.63) is 23.8 Å². The molecule has 0 saturated carbocycles. The summed E-state index contributed by atoms with van der Waals surface area (Å²) in [7, 11) is 1.30. The lowest BCUT2D eigenvalue weighted by molar-refractivity contribution is -0.127. The number of hydrogen-bond acceptors (Lipinski definition) is 6. The van der Waals surface area contributed by atoms with Crippen LogP contribution in [-0.2, 0) is 9.53 Å². The van der Waals surface area contributed by atoms with Crippen LogP contribution in [0, 0.1) is 0 Å². The second-order valence-electron chi connectivity index (χ2n) is 5.73. The Kier molecular flexibility index (Phi) is 4.30. The maximum atomic E-state index is 11.7. The topological polar surface area (TPSA) is 95.3 Å². The molecule has 2 aromatic rings. The van der Waals surface area contributed by atoms with E-state index in [0.29, 0.717) is 16.6 Å². The lowest BCUT2D eigenvalue weighted by Crippen LogP contribution is -2.44. The van der Waals surface area contributed by atoms with Crippen molar-refractivity contribution in [2.75, 3.05) is 13.7 Å². The largest absolute Gasteiger partial charge is 0.465 e. The standard InChI is InChI=1S/C14H18N4O4/c1-14(2,3)15-12(19)8-22-18-11-7-9(13(20)21-4)5-6-10(11)16-17-18/h5-7H,8H2,1-4H3,(H,15,19). The minimum absolute atomic E-state index is 0.210. The van der Waals surface area contributed by atoms with Gasteiger partial charge < -0.3 is 14.9 Å². The van der Waals surface area contributed by atoms with Crippen LogP contribution < -0.4 is 10.2 Å². The van der Waals surface area contributed by atoms with E-state index in [1.165, 1.54) is 7.11 Å². The van der Waals surface area contributed by atoms with E-state index < -0.39 is 5.97 Å². The van der Waals surface area contributed by atoms with E-state index in [9.17, 15) is 9.59 Å². The average molecular weight is 306 g/mol. The Morgan fingerprint density at radius 2 is 2.05 bits per heavy atom. The lowest BCUT2D eigenvalue weighted by Gasteiger charge is -2.20. The normalized spacial score (nSPS) is 11.3. The average Bonchev–Trinajstić information content (AvgIpc) is 2.84. The van der Waals surface area contributed by atoms with E-state index in [2.05, 4.69) is 20.4 Å². The van der Waals surface area contributed by atoms with Crippen molar-refractivity contribution in [3.63, 3.8) is 0 Å². The van der Waals surface area contributed by atoms with Crippen molar-refractivity contribution in [1.82, 2.24) is 20.5 Å². The molecule has 8 nitrogen and oxygen atoms in total. The summed E-state index contributed by atoms with van der Waals surface area (Å²) in [5, 5.41) is 10.5. The van der Waals surface area contributed by atoms with Gasteiger partial charge in [0, 0.05) is 5.54 Å². The Labute approximate surface area is 127 Å². The number of amides is 1. The van der Waals surface area contributed by atoms with Gasteiger partial charge in [-0.15, -0.1) is 5.10 Å². The Morgan fingerprint density at radius 1 is 1.32 bits per heavy atom. The monoisotopic (exact) mass is 306 g/mol. The maximum Gasteiger partial charge on any atom is 0.337 e. The lowest BCUT2D eigenvalue weighted by atomic mass is 10.1. The van der Waals surface area contributed by atoms with E-state index in [0.717, 1.165) is 4.85 Å². The molecule has 1 aromatic heterocycles. The molecule has 0 unspecified atom stereocenters. The van der Waals surface area contributed by atoms with Gasteiger partial charge >= 0.3 is 5.97 Å². The first kappa shape index (κ1) is 15.7. The Balaban J connectivity index is 2.14. The molecule has 22 heavy (non-hydrogen) atoms. The number of aromatic nitrogens is 3. The maximum absolute atomic E-state index is 11.7. The number of carbonyl (C=O) groups excluding carboxylic acids is 2. The van der Waals surface area contributed by atoms with E-state index in [4.69, 9.17) is 4.84 Å². The fourth-order valence-electron chi connectivity index (χ4n) is 1.81. The molecule has 0 aliphatic heterocycles. The molecule has 0 bridgehead atoms. The minimum atomic E-state index is -0.472. The van der Waals surface area contributed by atoms with E-state index in [1.54, 1.807) is 18.2 Å². The van der Waals surface area contributed by atoms with Crippen molar-refractivity contribution in [3.8, 4) is 0 Å². The van der Waals surface area contributed by atoms with E-state index in [-0.39, 0.29) is 18.1 Å². The molecular formula is C14H18N4O4. The van der Waals surface area contributed by atoms with Gasteiger partial charge in [-0.1, -0.05) is 4.85 Å². The number of carbonyl (C=O) groups is 2. The third kappa shape index (κ3) is 3.72. The fourth-order valence-corrected chi connectivity index (χ4v) is 1.81. The number of methoxy groups -OCH3 is 1. The molecule has 1 amide bonds. The molecule has 1 aromatic carbocycles. The van der Waals surface area contributed by atoms with Gasteiger partial charge in [-0.25, -0.2) is 4.79 Å². The molecule has 2 rings (SSSR count). The van der Waals surface area contributed by atoms with Gasteiger partial charge in [0.2, 0.25) is 0 Å². The number of nitrogens with one attached hydrogen (secondary N) is 1.